The van der Waals surface area contributed by atoms with E-state index in [0.29, 0.717) is 25.0 Å². The molecule has 5 nitrogen and oxygen atoms in total. The van der Waals surface area contributed by atoms with Gasteiger partial charge in [-0.15, -0.1) is 0 Å². The SMILES string of the molecule is CCCOc1ccc(CCC(=O)NCC(C(=O)O)c2ccccc2)cc1. The Labute approximate surface area is 154 Å². The summed E-state index contributed by atoms with van der Waals surface area (Å²) in [6, 6.07) is 16.6. The lowest BCUT2D eigenvalue weighted by atomic mass is 9.99. The van der Waals surface area contributed by atoms with Gasteiger partial charge in [0, 0.05) is 13.0 Å². The molecule has 0 aromatic heterocycles. The van der Waals surface area contributed by atoms with Crippen LogP contribution in [0.25, 0.3) is 0 Å². The summed E-state index contributed by atoms with van der Waals surface area (Å²) in [5, 5.41) is 12.1. The van der Waals surface area contributed by atoms with Gasteiger partial charge in [0.25, 0.3) is 0 Å². The number of carboxylic acid groups (broad SMARTS) is 1. The van der Waals surface area contributed by atoms with E-state index < -0.39 is 11.9 Å². The summed E-state index contributed by atoms with van der Waals surface area (Å²) < 4.78 is 5.53. The minimum Gasteiger partial charge on any atom is -0.494 e. The summed E-state index contributed by atoms with van der Waals surface area (Å²) >= 11 is 0. The molecule has 0 aliphatic carbocycles. The van der Waals surface area contributed by atoms with Crippen LogP contribution in [0.15, 0.2) is 54.6 Å². The van der Waals surface area contributed by atoms with Crippen molar-refractivity contribution < 1.29 is 19.4 Å². The Morgan fingerprint density at radius 3 is 2.38 bits per heavy atom. The van der Waals surface area contributed by atoms with E-state index in [2.05, 4.69) is 12.2 Å². The quantitative estimate of drug-likeness (QED) is 0.685. The van der Waals surface area contributed by atoms with Crippen molar-refractivity contribution in [2.24, 2.45) is 0 Å². The molecule has 0 bridgehead atoms. The lowest BCUT2D eigenvalue weighted by Gasteiger charge is -2.14. The molecule has 2 aromatic rings. The summed E-state index contributed by atoms with van der Waals surface area (Å²) in [5.74, 6) is -1.01. The monoisotopic (exact) mass is 355 g/mol. The fraction of sp³-hybridized carbons (Fsp3) is 0.333. The highest BCUT2D eigenvalue weighted by atomic mass is 16.5. The highest BCUT2D eigenvalue weighted by molar-refractivity contribution is 5.79. The Morgan fingerprint density at radius 2 is 1.77 bits per heavy atom. The van der Waals surface area contributed by atoms with E-state index in [9.17, 15) is 14.7 Å². The highest BCUT2D eigenvalue weighted by Gasteiger charge is 2.20. The second-order valence-corrected chi connectivity index (χ2v) is 6.10. The number of benzene rings is 2. The molecule has 0 aliphatic heterocycles. The van der Waals surface area contributed by atoms with E-state index in [-0.39, 0.29) is 12.5 Å². The molecule has 1 atom stereocenters. The summed E-state index contributed by atoms with van der Waals surface area (Å²) in [7, 11) is 0. The number of nitrogens with one attached hydrogen (secondary N) is 1. The van der Waals surface area contributed by atoms with Crippen molar-refractivity contribution in [2.45, 2.75) is 32.1 Å². The third-order valence-corrected chi connectivity index (χ3v) is 4.04. The average Bonchev–Trinajstić information content (AvgIpc) is 2.66. The van der Waals surface area contributed by atoms with Crippen LogP contribution in [0.3, 0.4) is 0 Å². The molecule has 0 heterocycles. The van der Waals surface area contributed by atoms with Gasteiger partial charge in [0.1, 0.15) is 5.75 Å². The number of amides is 1. The minimum absolute atomic E-state index is 0.0853. The van der Waals surface area contributed by atoms with Crippen LogP contribution in [0.5, 0.6) is 5.75 Å². The van der Waals surface area contributed by atoms with Crippen LogP contribution in [0.1, 0.15) is 36.8 Å². The molecule has 26 heavy (non-hydrogen) atoms. The third kappa shape index (κ3) is 6.24. The van der Waals surface area contributed by atoms with Crippen molar-refractivity contribution >= 4 is 11.9 Å². The first-order chi connectivity index (χ1) is 12.6. The number of carboxylic acids is 1. The van der Waals surface area contributed by atoms with Gasteiger partial charge in [0.05, 0.1) is 12.5 Å². The van der Waals surface area contributed by atoms with Crippen LogP contribution in [-0.2, 0) is 16.0 Å². The van der Waals surface area contributed by atoms with Crippen LogP contribution >= 0.6 is 0 Å². The molecule has 0 aliphatic rings. The predicted octanol–water partition coefficient (Wildman–Crippen LogP) is 3.39. The van der Waals surface area contributed by atoms with Crippen molar-refractivity contribution in [3.63, 3.8) is 0 Å². The molecule has 1 amide bonds. The van der Waals surface area contributed by atoms with Crippen LogP contribution in [0, 0.1) is 0 Å². The molecule has 138 valence electrons. The Kier molecular flexibility index (Phi) is 7.68. The van der Waals surface area contributed by atoms with Gasteiger partial charge in [0.15, 0.2) is 0 Å². The average molecular weight is 355 g/mol. The Bertz CT molecular complexity index is 698. The Hall–Kier alpha value is -2.82. The van der Waals surface area contributed by atoms with E-state index in [1.807, 2.05) is 30.3 Å². The summed E-state index contributed by atoms with van der Waals surface area (Å²) in [4.78, 5) is 23.5. The fourth-order valence-electron chi connectivity index (χ4n) is 2.57. The highest BCUT2D eigenvalue weighted by Crippen LogP contribution is 2.16. The molecule has 0 fully saturated rings. The first kappa shape index (κ1) is 19.5. The van der Waals surface area contributed by atoms with Gasteiger partial charge in [-0.25, -0.2) is 0 Å². The topological polar surface area (TPSA) is 75.6 Å². The number of hydrogen-bond donors (Lipinski definition) is 2. The van der Waals surface area contributed by atoms with E-state index in [1.54, 1.807) is 24.3 Å². The Balaban J connectivity index is 1.80. The predicted molar refractivity (Wildman–Crippen MR) is 100 cm³/mol. The lowest BCUT2D eigenvalue weighted by molar-refractivity contribution is -0.138. The lowest BCUT2D eigenvalue weighted by Crippen LogP contribution is -2.31. The molecule has 0 spiro atoms. The maximum absolute atomic E-state index is 12.1. The summed E-state index contributed by atoms with van der Waals surface area (Å²) in [6.45, 7) is 2.83. The zero-order chi connectivity index (χ0) is 18.8. The van der Waals surface area contributed by atoms with E-state index in [1.165, 1.54) is 0 Å². The normalized spacial score (nSPS) is 11.6. The van der Waals surface area contributed by atoms with Crippen molar-refractivity contribution in [2.75, 3.05) is 13.2 Å². The minimum atomic E-state index is -0.945. The zero-order valence-electron chi connectivity index (χ0n) is 15.0. The molecule has 0 radical (unpaired) electrons. The van der Waals surface area contributed by atoms with Gasteiger partial charge in [0.2, 0.25) is 5.91 Å². The van der Waals surface area contributed by atoms with Crippen molar-refractivity contribution in [1.29, 1.82) is 0 Å². The van der Waals surface area contributed by atoms with Crippen molar-refractivity contribution in [3.8, 4) is 5.75 Å². The van der Waals surface area contributed by atoms with Crippen molar-refractivity contribution in [1.82, 2.24) is 5.32 Å². The standard InChI is InChI=1S/C21H25NO4/c1-2-14-26-18-11-8-16(9-12-18)10-13-20(23)22-15-19(21(24)25)17-6-4-3-5-7-17/h3-9,11-12,19H,2,10,13-15H2,1H3,(H,22,23)(H,24,25). The summed E-state index contributed by atoms with van der Waals surface area (Å²) in [5.41, 5.74) is 1.73. The van der Waals surface area contributed by atoms with Gasteiger partial charge in [-0.1, -0.05) is 49.4 Å². The molecule has 1 unspecified atom stereocenters. The van der Waals surface area contributed by atoms with Gasteiger partial charge >= 0.3 is 5.97 Å². The summed E-state index contributed by atoms with van der Waals surface area (Å²) in [6.07, 6.45) is 1.88. The molecular weight excluding hydrogens is 330 g/mol. The zero-order valence-corrected chi connectivity index (χ0v) is 15.0. The van der Waals surface area contributed by atoms with E-state index in [4.69, 9.17) is 4.74 Å². The first-order valence-electron chi connectivity index (χ1n) is 8.86. The molecule has 2 N–H and O–H groups in total. The number of carbonyl (C=O) groups excluding carboxylic acids is 1. The molecular formula is C21H25NO4. The molecule has 0 saturated heterocycles. The number of carbonyl (C=O) groups is 2. The maximum Gasteiger partial charge on any atom is 0.312 e. The van der Waals surface area contributed by atoms with Gasteiger partial charge in [-0.2, -0.15) is 0 Å². The molecule has 2 rings (SSSR count). The van der Waals surface area contributed by atoms with E-state index in [0.717, 1.165) is 17.7 Å². The fourth-order valence-corrected chi connectivity index (χ4v) is 2.57. The number of aryl methyl sites for hydroxylation is 1. The van der Waals surface area contributed by atoms with Gasteiger partial charge in [-0.05, 0) is 36.1 Å². The number of rotatable bonds is 10. The second-order valence-electron chi connectivity index (χ2n) is 6.10. The van der Waals surface area contributed by atoms with E-state index >= 15 is 0 Å². The molecule has 5 heteroatoms. The third-order valence-electron chi connectivity index (χ3n) is 4.04. The van der Waals surface area contributed by atoms with Crippen LogP contribution in [0.4, 0.5) is 0 Å². The Morgan fingerprint density at radius 1 is 1.08 bits per heavy atom. The van der Waals surface area contributed by atoms with Gasteiger partial charge in [-0.3, -0.25) is 9.59 Å². The first-order valence-corrected chi connectivity index (χ1v) is 8.86. The molecule has 0 saturated carbocycles. The number of aliphatic carboxylic acids is 1. The van der Waals surface area contributed by atoms with Gasteiger partial charge < -0.3 is 15.2 Å². The van der Waals surface area contributed by atoms with Crippen molar-refractivity contribution in [3.05, 3.63) is 65.7 Å². The number of ether oxygens (including phenoxy) is 1. The number of hydrogen-bond acceptors (Lipinski definition) is 3. The second kappa shape index (κ2) is 10.2. The van der Waals surface area contributed by atoms with Crippen LogP contribution < -0.4 is 10.1 Å². The van der Waals surface area contributed by atoms with Crippen LogP contribution in [0.2, 0.25) is 0 Å². The maximum atomic E-state index is 12.1. The van der Waals surface area contributed by atoms with Crippen LogP contribution in [-0.4, -0.2) is 30.1 Å². The molecule has 2 aromatic carbocycles. The largest absolute Gasteiger partial charge is 0.494 e. The smallest absolute Gasteiger partial charge is 0.312 e.